The van der Waals surface area contributed by atoms with Crippen molar-refractivity contribution in [3.8, 4) is 0 Å². The minimum atomic E-state index is -0.0497. The zero-order valence-corrected chi connectivity index (χ0v) is 17.1. The highest BCUT2D eigenvalue weighted by Crippen LogP contribution is 2.32. The van der Waals surface area contributed by atoms with E-state index in [0.29, 0.717) is 12.4 Å². The van der Waals surface area contributed by atoms with E-state index in [4.69, 9.17) is 4.98 Å². The van der Waals surface area contributed by atoms with Crippen molar-refractivity contribution in [3.63, 3.8) is 0 Å². The number of aromatic nitrogens is 2. The number of anilines is 1. The van der Waals surface area contributed by atoms with Gasteiger partial charge in [0.2, 0.25) is 0 Å². The molecule has 29 heavy (non-hydrogen) atoms. The molecule has 1 aliphatic rings. The van der Waals surface area contributed by atoms with Crippen LogP contribution in [0.3, 0.4) is 0 Å². The molecule has 2 aromatic heterocycles. The molecule has 0 radical (unpaired) electrons. The Morgan fingerprint density at radius 3 is 2.59 bits per heavy atom. The molecule has 6 heteroatoms. The summed E-state index contributed by atoms with van der Waals surface area (Å²) in [5.74, 6) is 0.458. The summed E-state index contributed by atoms with van der Waals surface area (Å²) >= 11 is 1.65. The summed E-state index contributed by atoms with van der Waals surface area (Å²) < 4.78 is 3.04. The van der Waals surface area contributed by atoms with Gasteiger partial charge in [0.05, 0.1) is 12.1 Å². The summed E-state index contributed by atoms with van der Waals surface area (Å²) in [4.78, 5) is 21.5. The van der Waals surface area contributed by atoms with Gasteiger partial charge in [-0.3, -0.25) is 9.36 Å². The Kier molecular flexibility index (Phi) is 5.04. The summed E-state index contributed by atoms with van der Waals surface area (Å²) in [6.45, 7) is 4.54. The monoisotopic (exact) mass is 404 g/mol. The van der Waals surface area contributed by atoms with Crippen LogP contribution < -0.4 is 10.9 Å². The molecule has 1 aliphatic heterocycles. The van der Waals surface area contributed by atoms with Crippen molar-refractivity contribution < 1.29 is 0 Å². The molecule has 3 heterocycles. The molecular weight excluding hydrogens is 380 g/mol. The van der Waals surface area contributed by atoms with Crippen LogP contribution in [0.25, 0.3) is 20.4 Å². The van der Waals surface area contributed by atoms with E-state index in [1.165, 1.54) is 12.8 Å². The molecule has 0 spiro atoms. The van der Waals surface area contributed by atoms with Crippen molar-refractivity contribution in [2.24, 2.45) is 0 Å². The second-order valence-electron chi connectivity index (χ2n) is 7.56. The number of hydrogen-bond donors (Lipinski definition) is 1. The molecule has 0 amide bonds. The van der Waals surface area contributed by atoms with Crippen LogP contribution in [0, 0.1) is 0 Å². The quantitative estimate of drug-likeness (QED) is 0.524. The second-order valence-corrected chi connectivity index (χ2v) is 8.60. The predicted molar refractivity (Wildman–Crippen MR) is 121 cm³/mol. The highest BCUT2D eigenvalue weighted by Gasteiger charge is 2.17. The van der Waals surface area contributed by atoms with Gasteiger partial charge in [-0.25, -0.2) is 4.98 Å². The van der Waals surface area contributed by atoms with Crippen molar-refractivity contribution in [2.45, 2.75) is 19.4 Å². The minimum absolute atomic E-state index is 0.0497. The molecule has 5 nitrogen and oxygen atoms in total. The number of fused-ring (bicyclic) bond motifs is 3. The van der Waals surface area contributed by atoms with E-state index in [2.05, 4.69) is 34.5 Å². The van der Waals surface area contributed by atoms with Crippen molar-refractivity contribution in [1.29, 1.82) is 0 Å². The number of nitrogens with zero attached hydrogens (tertiary/aromatic N) is 3. The lowest BCUT2D eigenvalue weighted by Gasteiger charge is -2.16. The van der Waals surface area contributed by atoms with Crippen molar-refractivity contribution >= 4 is 37.6 Å². The Morgan fingerprint density at radius 2 is 1.76 bits per heavy atom. The highest BCUT2D eigenvalue weighted by molar-refractivity contribution is 7.25. The number of rotatable bonds is 6. The van der Waals surface area contributed by atoms with E-state index in [-0.39, 0.29) is 5.56 Å². The van der Waals surface area contributed by atoms with Crippen LogP contribution in [0.1, 0.15) is 18.4 Å². The number of hydrogen-bond acceptors (Lipinski definition) is 5. The molecule has 0 saturated carbocycles. The lowest BCUT2D eigenvalue weighted by Crippen LogP contribution is -2.30. The average molecular weight is 405 g/mol. The Balaban J connectivity index is 1.56. The fourth-order valence-corrected chi connectivity index (χ4v) is 5.19. The van der Waals surface area contributed by atoms with Crippen LogP contribution in [0.5, 0.6) is 0 Å². The van der Waals surface area contributed by atoms with Gasteiger partial charge in [-0.2, -0.15) is 0 Å². The van der Waals surface area contributed by atoms with Crippen LogP contribution in [-0.4, -0.2) is 40.6 Å². The Labute approximate surface area is 173 Å². The van der Waals surface area contributed by atoms with Gasteiger partial charge in [0, 0.05) is 23.2 Å². The van der Waals surface area contributed by atoms with Crippen molar-refractivity contribution in [3.05, 3.63) is 70.5 Å². The van der Waals surface area contributed by atoms with Crippen LogP contribution in [0.15, 0.2) is 59.4 Å². The maximum absolute atomic E-state index is 13.4. The van der Waals surface area contributed by atoms with E-state index in [9.17, 15) is 4.79 Å². The van der Waals surface area contributed by atoms with E-state index in [0.717, 1.165) is 52.2 Å². The molecule has 1 fully saturated rings. The lowest BCUT2D eigenvalue weighted by molar-refractivity contribution is 0.352. The number of thiophene rings is 1. The van der Waals surface area contributed by atoms with Gasteiger partial charge in [0.15, 0.2) is 5.82 Å². The molecule has 0 aliphatic carbocycles. The van der Waals surface area contributed by atoms with Crippen LogP contribution in [0.2, 0.25) is 0 Å². The van der Waals surface area contributed by atoms with E-state index >= 15 is 0 Å². The number of benzene rings is 2. The number of likely N-dealkylation sites (tertiary alicyclic amines) is 1. The first-order chi connectivity index (χ1) is 14.3. The molecule has 0 unspecified atom stereocenters. The van der Waals surface area contributed by atoms with Gasteiger partial charge >= 0.3 is 0 Å². The molecular formula is C23H24N4OS. The summed E-state index contributed by atoms with van der Waals surface area (Å²) in [7, 11) is 0. The SMILES string of the molecule is O=c1c(NCCN2CCCC2)nc2sc3ccccc3c2n1Cc1ccccc1. The van der Waals surface area contributed by atoms with Gasteiger partial charge in [-0.15, -0.1) is 11.3 Å². The lowest BCUT2D eigenvalue weighted by atomic mass is 10.2. The first-order valence-corrected chi connectivity index (χ1v) is 11.0. The molecule has 148 valence electrons. The van der Waals surface area contributed by atoms with Gasteiger partial charge in [0.25, 0.3) is 5.56 Å². The van der Waals surface area contributed by atoms with Gasteiger partial charge in [-0.1, -0.05) is 48.5 Å². The minimum Gasteiger partial charge on any atom is -0.364 e. The zero-order chi connectivity index (χ0) is 19.6. The third-order valence-electron chi connectivity index (χ3n) is 5.59. The largest absolute Gasteiger partial charge is 0.364 e. The highest BCUT2D eigenvalue weighted by atomic mass is 32.1. The zero-order valence-electron chi connectivity index (χ0n) is 16.3. The fourth-order valence-electron chi connectivity index (χ4n) is 4.10. The average Bonchev–Trinajstić information content (AvgIpc) is 3.39. The first kappa shape index (κ1) is 18.3. The second kappa shape index (κ2) is 7.97. The van der Waals surface area contributed by atoms with Crippen LogP contribution in [0.4, 0.5) is 5.82 Å². The standard InChI is InChI=1S/C23H24N4OS/c28-23-21(24-12-15-26-13-6-7-14-26)25-22-20(18-10-4-5-11-19(18)29-22)27(23)16-17-8-2-1-3-9-17/h1-5,8-11H,6-7,12-16H2,(H,24,25). The van der Waals surface area contributed by atoms with Crippen LogP contribution in [-0.2, 0) is 6.54 Å². The van der Waals surface area contributed by atoms with Gasteiger partial charge in [0.1, 0.15) is 4.83 Å². The Hall–Kier alpha value is -2.70. The molecule has 0 atom stereocenters. The molecule has 1 saturated heterocycles. The third kappa shape index (κ3) is 3.66. The Bertz CT molecular complexity index is 1190. The smallest absolute Gasteiger partial charge is 0.294 e. The van der Waals surface area contributed by atoms with E-state index in [1.54, 1.807) is 11.3 Å². The van der Waals surface area contributed by atoms with E-state index in [1.807, 2.05) is 34.9 Å². The molecule has 2 aromatic carbocycles. The van der Waals surface area contributed by atoms with E-state index < -0.39 is 0 Å². The van der Waals surface area contributed by atoms with Crippen LogP contribution >= 0.6 is 11.3 Å². The topological polar surface area (TPSA) is 50.2 Å². The summed E-state index contributed by atoms with van der Waals surface area (Å²) in [6, 6.07) is 18.4. The normalized spacial score (nSPS) is 14.8. The molecule has 0 bridgehead atoms. The summed E-state index contributed by atoms with van der Waals surface area (Å²) in [5.41, 5.74) is 2.00. The predicted octanol–water partition coefficient (Wildman–Crippen LogP) is 4.17. The molecule has 5 rings (SSSR count). The maximum atomic E-state index is 13.4. The van der Waals surface area contributed by atoms with Crippen molar-refractivity contribution in [1.82, 2.24) is 14.5 Å². The third-order valence-corrected chi connectivity index (χ3v) is 6.64. The number of nitrogens with one attached hydrogen (secondary N) is 1. The van der Waals surface area contributed by atoms with Crippen molar-refractivity contribution in [2.75, 3.05) is 31.5 Å². The Morgan fingerprint density at radius 1 is 1.00 bits per heavy atom. The summed E-state index contributed by atoms with van der Waals surface area (Å²) in [6.07, 6.45) is 2.55. The summed E-state index contributed by atoms with van der Waals surface area (Å²) in [5, 5.41) is 4.42. The van der Waals surface area contributed by atoms with Gasteiger partial charge < -0.3 is 10.2 Å². The van der Waals surface area contributed by atoms with Gasteiger partial charge in [-0.05, 0) is 37.6 Å². The fraction of sp³-hybridized carbons (Fsp3) is 0.304. The maximum Gasteiger partial charge on any atom is 0.294 e. The molecule has 4 aromatic rings. The first-order valence-electron chi connectivity index (χ1n) is 10.2. The molecule has 1 N–H and O–H groups in total.